The predicted octanol–water partition coefficient (Wildman–Crippen LogP) is 2.22. The molecule has 0 aromatic rings. The Morgan fingerprint density at radius 3 is 1.91 bits per heavy atom. The van der Waals surface area contributed by atoms with Crippen molar-refractivity contribution in [1.29, 1.82) is 0 Å². The quantitative estimate of drug-likeness (QED) is 0.431. The van der Waals surface area contributed by atoms with E-state index in [0.29, 0.717) is 12.3 Å². The summed E-state index contributed by atoms with van der Waals surface area (Å²) in [6.07, 6.45) is 2.43. The van der Waals surface area contributed by atoms with E-state index < -0.39 is 35.8 Å². The molecule has 0 heterocycles. The van der Waals surface area contributed by atoms with Crippen LogP contribution in [0.3, 0.4) is 0 Å². The minimum atomic E-state index is -2.80. The van der Waals surface area contributed by atoms with Crippen LogP contribution in [0.15, 0.2) is 0 Å². The molecule has 0 aliphatic carbocycles. The first-order valence-corrected chi connectivity index (χ1v) is 7.94. The summed E-state index contributed by atoms with van der Waals surface area (Å²) in [5.74, 6) is -6.08. The second-order valence-electron chi connectivity index (χ2n) is 6.48. The zero-order valence-corrected chi connectivity index (χ0v) is 14.0. The number of aliphatic hydroxyl groups is 1. The van der Waals surface area contributed by atoms with Crippen molar-refractivity contribution in [1.82, 2.24) is 0 Å². The van der Waals surface area contributed by atoms with Gasteiger partial charge in [0.25, 0.3) is 0 Å². The average molecular weight is 332 g/mol. The number of rotatable bonds is 12. The number of carbonyl (C=O) groups is 3. The van der Waals surface area contributed by atoms with Gasteiger partial charge in [0.05, 0.1) is 12.3 Å². The first-order valence-electron chi connectivity index (χ1n) is 7.94. The van der Waals surface area contributed by atoms with Crippen molar-refractivity contribution in [3.05, 3.63) is 0 Å². The molecule has 0 spiro atoms. The summed E-state index contributed by atoms with van der Waals surface area (Å²) >= 11 is 0. The molecule has 0 radical (unpaired) electrons. The third-order valence-electron chi connectivity index (χ3n) is 4.39. The maximum absolute atomic E-state index is 11.4. The molecule has 4 N–H and O–H groups in total. The maximum Gasteiger partial charge on any atom is 0.337 e. The highest BCUT2D eigenvalue weighted by Gasteiger charge is 2.50. The molecule has 7 heteroatoms. The monoisotopic (exact) mass is 332 g/mol. The van der Waals surface area contributed by atoms with Gasteiger partial charge in [-0.1, -0.05) is 46.5 Å². The molecule has 0 aliphatic heterocycles. The highest BCUT2D eigenvalue weighted by molar-refractivity contribution is 5.89. The van der Waals surface area contributed by atoms with Gasteiger partial charge in [0, 0.05) is 0 Å². The van der Waals surface area contributed by atoms with Crippen LogP contribution >= 0.6 is 0 Å². The zero-order valence-electron chi connectivity index (χ0n) is 14.0. The topological polar surface area (TPSA) is 132 Å². The molecule has 0 fully saturated rings. The second kappa shape index (κ2) is 9.50. The molecule has 23 heavy (non-hydrogen) atoms. The first-order chi connectivity index (χ1) is 10.5. The van der Waals surface area contributed by atoms with Crippen molar-refractivity contribution in [2.75, 3.05) is 0 Å². The minimum absolute atomic E-state index is 0.0775. The van der Waals surface area contributed by atoms with Crippen LogP contribution in [0.2, 0.25) is 0 Å². The number of carboxylic acid groups (broad SMARTS) is 3. The van der Waals surface area contributed by atoms with Gasteiger partial charge in [-0.2, -0.15) is 0 Å². The summed E-state index contributed by atoms with van der Waals surface area (Å²) in [6.45, 7) is 6.00. The Morgan fingerprint density at radius 2 is 1.52 bits per heavy atom. The van der Waals surface area contributed by atoms with Crippen LogP contribution < -0.4 is 0 Å². The second-order valence-corrected chi connectivity index (χ2v) is 6.48. The largest absolute Gasteiger partial charge is 0.481 e. The van der Waals surface area contributed by atoms with Gasteiger partial charge in [0.2, 0.25) is 0 Å². The number of hydrogen-bond donors (Lipinski definition) is 4. The van der Waals surface area contributed by atoms with E-state index in [0.717, 1.165) is 19.3 Å². The Kier molecular flexibility index (Phi) is 8.82. The van der Waals surface area contributed by atoms with Gasteiger partial charge in [-0.15, -0.1) is 0 Å². The van der Waals surface area contributed by atoms with Crippen molar-refractivity contribution in [3.63, 3.8) is 0 Å². The summed E-state index contributed by atoms with van der Waals surface area (Å²) < 4.78 is 0. The van der Waals surface area contributed by atoms with E-state index in [-0.39, 0.29) is 12.3 Å². The SMILES string of the molecule is CCC(C)CCCC(C)CC(C(=O)O)C(O)(CC(=O)O)C(=O)O. The molecule has 7 nitrogen and oxygen atoms in total. The fraction of sp³-hybridized carbons (Fsp3) is 0.812. The smallest absolute Gasteiger partial charge is 0.337 e. The summed E-state index contributed by atoms with van der Waals surface area (Å²) in [5.41, 5.74) is -2.80. The van der Waals surface area contributed by atoms with Gasteiger partial charge in [-0.05, 0) is 18.3 Å². The van der Waals surface area contributed by atoms with Crippen molar-refractivity contribution >= 4 is 17.9 Å². The van der Waals surface area contributed by atoms with Gasteiger partial charge in [-0.3, -0.25) is 9.59 Å². The molecule has 134 valence electrons. The molecule has 4 unspecified atom stereocenters. The molecule has 0 saturated carbocycles. The van der Waals surface area contributed by atoms with Gasteiger partial charge in [0.1, 0.15) is 0 Å². The van der Waals surface area contributed by atoms with Crippen LogP contribution in [-0.2, 0) is 14.4 Å². The van der Waals surface area contributed by atoms with Crippen molar-refractivity contribution in [2.24, 2.45) is 17.8 Å². The van der Waals surface area contributed by atoms with Crippen LogP contribution in [0.1, 0.15) is 59.3 Å². The van der Waals surface area contributed by atoms with Crippen LogP contribution in [-0.4, -0.2) is 43.9 Å². The number of aliphatic carboxylic acids is 3. The molecule has 0 rings (SSSR count). The van der Waals surface area contributed by atoms with Crippen LogP contribution in [0.4, 0.5) is 0 Å². The normalized spacial score (nSPS) is 17.7. The lowest BCUT2D eigenvalue weighted by molar-refractivity contribution is -0.180. The van der Waals surface area contributed by atoms with Crippen LogP contribution in [0.5, 0.6) is 0 Å². The molecule has 0 amide bonds. The molecule has 0 saturated heterocycles. The molecule has 0 aromatic carbocycles. The third kappa shape index (κ3) is 6.99. The molecule has 0 aromatic heterocycles. The van der Waals surface area contributed by atoms with Gasteiger partial charge >= 0.3 is 17.9 Å². The predicted molar refractivity (Wildman–Crippen MR) is 83.1 cm³/mol. The Balaban J connectivity index is 4.92. The summed E-state index contributed by atoms with van der Waals surface area (Å²) in [6, 6.07) is 0. The lowest BCUT2D eigenvalue weighted by atomic mass is 9.78. The Hall–Kier alpha value is -1.63. The molecule has 0 aliphatic rings. The van der Waals surface area contributed by atoms with Crippen LogP contribution in [0.25, 0.3) is 0 Å². The molecule has 0 bridgehead atoms. The van der Waals surface area contributed by atoms with E-state index in [1.54, 1.807) is 6.92 Å². The third-order valence-corrected chi connectivity index (χ3v) is 4.39. The van der Waals surface area contributed by atoms with Crippen molar-refractivity contribution < 1.29 is 34.8 Å². The summed E-state index contributed by atoms with van der Waals surface area (Å²) in [4.78, 5) is 33.4. The number of carboxylic acids is 3. The highest BCUT2D eigenvalue weighted by atomic mass is 16.4. The van der Waals surface area contributed by atoms with E-state index in [4.69, 9.17) is 10.2 Å². The summed E-state index contributed by atoms with van der Waals surface area (Å²) in [5, 5.41) is 37.3. The van der Waals surface area contributed by atoms with Gasteiger partial charge < -0.3 is 20.4 Å². The van der Waals surface area contributed by atoms with E-state index in [9.17, 15) is 24.6 Å². The van der Waals surface area contributed by atoms with Crippen molar-refractivity contribution in [2.45, 2.75) is 64.9 Å². The molecular weight excluding hydrogens is 304 g/mol. The van der Waals surface area contributed by atoms with E-state index in [1.807, 2.05) is 0 Å². The fourth-order valence-electron chi connectivity index (χ4n) is 2.62. The fourth-order valence-corrected chi connectivity index (χ4v) is 2.62. The van der Waals surface area contributed by atoms with E-state index in [2.05, 4.69) is 13.8 Å². The molecular formula is C16H28O7. The average Bonchev–Trinajstić information content (AvgIpc) is 2.42. The zero-order chi connectivity index (χ0) is 18.2. The van der Waals surface area contributed by atoms with Crippen molar-refractivity contribution in [3.8, 4) is 0 Å². The Labute approximate surface area is 136 Å². The van der Waals surface area contributed by atoms with Gasteiger partial charge in [-0.25, -0.2) is 4.79 Å². The Morgan fingerprint density at radius 1 is 1.00 bits per heavy atom. The lowest BCUT2D eigenvalue weighted by Gasteiger charge is -2.30. The molecule has 4 atom stereocenters. The maximum atomic E-state index is 11.4. The van der Waals surface area contributed by atoms with Gasteiger partial charge in [0.15, 0.2) is 5.60 Å². The highest BCUT2D eigenvalue weighted by Crippen LogP contribution is 2.31. The standard InChI is InChI=1S/C16H28O7/c1-4-10(2)6-5-7-11(3)8-12(14(19)20)16(23,15(21)22)9-13(17)18/h10-12,23H,4-9H2,1-3H3,(H,17,18)(H,19,20)(H,21,22). The number of hydrogen-bond acceptors (Lipinski definition) is 4. The lowest BCUT2D eigenvalue weighted by Crippen LogP contribution is -2.51. The van der Waals surface area contributed by atoms with Crippen LogP contribution in [0, 0.1) is 17.8 Å². The Bertz CT molecular complexity index is 421. The van der Waals surface area contributed by atoms with E-state index >= 15 is 0 Å². The summed E-state index contributed by atoms with van der Waals surface area (Å²) in [7, 11) is 0. The minimum Gasteiger partial charge on any atom is -0.481 e. The first kappa shape index (κ1) is 21.4. The van der Waals surface area contributed by atoms with E-state index in [1.165, 1.54) is 0 Å².